The van der Waals surface area contributed by atoms with Gasteiger partial charge in [-0.3, -0.25) is 0 Å². The Morgan fingerprint density at radius 2 is 0.708 bits per heavy atom. The predicted octanol–water partition coefficient (Wildman–Crippen LogP) is 18.1. The zero-order chi connectivity index (χ0) is 43.1. The van der Waals surface area contributed by atoms with E-state index in [0.717, 1.165) is 28.2 Å². The third-order valence-corrected chi connectivity index (χ3v) is 13.0. The van der Waals surface area contributed by atoms with E-state index in [1.54, 1.807) is 0 Å². The first-order valence-electron chi connectivity index (χ1n) is 22.4. The molecule has 304 valence electrons. The fourth-order valence-electron chi connectivity index (χ4n) is 9.78. The Balaban J connectivity index is 1.02. The number of fused-ring (bicyclic) bond motifs is 5. The summed E-state index contributed by atoms with van der Waals surface area (Å²) in [6, 6.07) is 95.4. The van der Waals surface area contributed by atoms with E-state index in [9.17, 15) is 0 Å². The van der Waals surface area contributed by atoms with Gasteiger partial charge in [0.1, 0.15) is 0 Å². The predicted molar refractivity (Wildman–Crippen MR) is 278 cm³/mol. The molecule has 1 nitrogen and oxygen atoms in total. The number of nitrogens with zero attached hydrogens (tertiary/aromatic N) is 1. The summed E-state index contributed by atoms with van der Waals surface area (Å²) in [5, 5.41) is 9.99. The Hall–Kier alpha value is -8.52. The van der Waals surface area contributed by atoms with E-state index >= 15 is 0 Å². The molecule has 0 unspecified atom stereocenters. The van der Waals surface area contributed by atoms with Crippen LogP contribution in [0, 0.1) is 0 Å². The van der Waals surface area contributed by atoms with Crippen LogP contribution in [0.4, 0.5) is 17.1 Å². The van der Waals surface area contributed by atoms with Crippen LogP contribution in [0.25, 0.3) is 98.7 Å². The fraction of sp³-hybridized carbons (Fsp3) is 0. The third kappa shape index (κ3) is 7.10. The first-order valence-corrected chi connectivity index (χ1v) is 22.4. The molecule has 0 aliphatic rings. The summed E-state index contributed by atoms with van der Waals surface area (Å²) in [4.78, 5) is 2.44. The van der Waals surface area contributed by atoms with Gasteiger partial charge in [0.05, 0.1) is 5.69 Å². The molecule has 0 atom stereocenters. The van der Waals surface area contributed by atoms with Crippen molar-refractivity contribution in [3.63, 3.8) is 0 Å². The lowest BCUT2D eigenvalue weighted by Crippen LogP contribution is -2.11. The van der Waals surface area contributed by atoms with E-state index in [1.807, 2.05) is 0 Å². The van der Waals surface area contributed by atoms with E-state index in [1.165, 1.54) is 87.6 Å². The van der Waals surface area contributed by atoms with Crippen molar-refractivity contribution in [3.05, 3.63) is 261 Å². The maximum absolute atomic E-state index is 2.44. The van der Waals surface area contributed by atoms with Crippen LogP contribution >= 0.6 is 0 Å². The first kappa shape index (κ1) is 38.2. The summed E-state index contributed by atoms with van der Waals surface area (Å²) < 4.78 is 0. The zero-order valence-electron chi connectivity index (χ0n) is 35.8. The molecule has 12 aromatic rings. The van der Waals surface area contributed by atoms with E-state index in [2.05, 4.69) is 266 Å². The number of anilines is 3. The highest BCUT2D eigenvalue weighted by Gasteiger charge is 2.20. The summed E-state index contributed by atoms with van der Waals surface area (Å²) in [5.41, 5.74) is 15.2. The number of hydrogen-bond donors (Lipinski definition) is 0. The van der Waals surface area contributed by atoms with E-state index < -0.39 is 0 Å². The molecule has 12 rings (SSSR count). The lowest BCUT2D eigenvalue weighted by Gasteiger charge is -2.29. The molecule has 0 amide bonds. The number of rotatable bonds is 8. The van der Waals surface area contributed by atoms with Gasteiger partial charge in [-0.1, -0.05) is 212 Å². The molecule has 65 heavy (non-hydrogen) atoms. The summed E-state index contributed by atoms with van der Waals surface area (Å²) >= 11 is 0. The van der Waals surface area contributed by atoms with Crippen molar-refractivity contribution in [3.8, 4) is 55.6 Å². The van der Waals surface area contributed by atoms with Gasteiger partial charge in [0.25, 0.3) is 0 Å². The van der Waals surface area contributed by atoms with Gasteiger partial charge < -0.3 is 4.90 Å². The van der Waals surface area contributed by atoms with Gasteiger partial charge in [-0.15, -0.1) is 0 Å². The van der Waals surface area contributed by atoms with E-state index in [-0.39, 0.29) is 0 Å². The van der Waals surface area contributed by atoms with Gasteiger partial charge in [0.15, 0.2) is 0 Å². The molecule has 0 bridgehead atoms. The SMILES string of the molecule is c1ccc(-c2ccc(-c3cc4ccccc4c4ccccc34)cc2N(c2ccc(-c3cccc(-c4ccc5ccccc5c4)c3)cc2)c2ccc(-c3cccc4ccccc34)cc2)cc1. The molecular formula is C64H43N. The average molecular weight is 826 g/mol. The summed E-state index contributed by atoms with van der Waals surface area (Å²) in [6.07, 6.45) is 0. The summed E-state index contributed by atoms with van der Waals surface area (Å²) in [6.45, 7) is 0. The maximum atomic E-state index is 2.44. The largest absolute Gasteiger partial charge is 0.310 e. The van der Waals surface area contributed by atoms with Crippen LogP contribution in [0.5, 0.6) is 0 Å². The lowest BCUT2D eigenvalue weighted by molar-refractivity contribution is 1.28. The molecule has 12 aromatic carbocycles. The van der Waals surface area contributed by atoms with Crippen molar-refractivity contribution in [2.24, 2.45) is 0 Å². The van der Waals surface area contributed by atoms with Crippen molar-refractivity contribution in [2.75, 3.05) is 4.90 Å². The van der Waals surface area contributed by atoms with Crippen molar-refractivity contribution >= 4 is 60.2 Å². The second-order valence-corrected chi connectivity index (χ2v) is 16.9. The minimum atomic E-state index is 1.08. The minimum Gasteiger partial charge on any atom is -0.310 e. The second kappa shape index (κ2) is 16.3. The van der Waals surface area contributed by atoms with Crippen molar-refractivity contribution in [2.45, 2.75) is 0 Å². The van der Waals surface area contributed by atoms with Crippen molar-refractivity contribution < 1.29 is 0 Å². The Morgan fingerprint density at radius 1 is 0.200 bits per heavy atom. The van der Waals surface area contributed by atoms with Gasteiger partial charge in [0.2, 0.25) is 0 Å². The molecule has 0 aliphatic heterocycles. The molecule has 0 fully saturated rings. The molecule has 0 heterocycles. The first-order chi connectivity index (χ1) is 32.2. The number of benzene rings is 12. The smallest absolute Gasteiger partial charge is 0.0546 e. The highest BCUT2D eigenvalue weighted by molar-refractivity contribution is 6.14. The maximum Gasteiger partial charge on any atom is 0.0546 e. The second-order valence-electron chi connectivity index (χ2n) is 16.9. The molecule has 0 spiro atoms. The number of hydrogen-bond acceptors (Lipinski definition) is 1. The molecule has 0 saturated heterocycles. The average Bonchev–Trinajstić information content (AvgIpc) is 3.39. The zero-order valence-corrected chi connectivity index (χ0v) is 35.8. The van der Waals surface area contributed by atoms with Gasteiger partial charge in [-0.2, -0.15) is 0 Å². The Morgan fingerprint density at radius 3 is 1.48 bits per heavy atom. The molecule has 0 radical (unpaired) electrons. The highest BCUT2D eigenvalue weighted by Crippen LogP contribution is 2.45. The summed E-state index contributed by atoms with van der Waals surface area (Å²) in [7, 11) is 0. The van der Waals surface area contributed by atoms with Crippen LogP contribution in [0.1, 0.15) is 0 Å². The van der Waals surface area contributed by atoms with Gasteiger partial charge in [-0.05, 0) is 142 Å². The molecule has 0 N–H and O–H groups in total. The Kier molecular flexibility index (Phi) is 9.58. The monoisotopic (exact) mass is 825 g/mol. The van der Waals surface area contributed by atoms with Gasteiger partial charge in [-0.25, -0.2) is 0 Å². The molecule has 0 aromatic heterocycles. The van der Waals surface area contributed by atoms with Crippen LogP contribution in [-0.2, 0) is 0 Å². The standard InChI is InChI=1S/C64H43N/c1-2-15-47(16-3-1)60-39-34-54(63-42-53-19-7-9-24-59(53)61-25-10-11-26-62(61)63)43-64(60)65(56-37-32-48(33-38-56)58-27-13-20-46-17-6-8-23-57(46)58)55-35-30-45(31-36-55)50-21-12-22-51(40-50)52-29-28-44-14-4-5-18-49(44)41-52/h1-43H. The van der Waals surface area contributed by atoms with Crippen LogP contribution < -0.4 is 4.90 Å². The lowest BCUT2D eigenvalue weighted by atomic mass is 9.91. The molecule has 0 saturated carbocycles. The molecular weight excluding hydrogens is 783 g/mol. The minimum absolute atomic E-state index is 1.08. The van der Waals surface area contributed by atoms with Crippen LogP contribution in [0.2, 0.25) is 0 Å². The van der Waals surface area contributed by atoms with Gasteiger partial charge >= 0.3 is 0 Å². The van der Waals surface area contributed by atoms with Crippen LogP contribution in [0.3, 0.4) is 0 Å². The summed E-state index contributed by atoms with van der Waals surface area (Å²) in [5.74, 6) is 0. The van der Waals surface area contributed by atoms with Crippen molar-refractivity contribution in [1.82, 2.24) is 0 Å². The van der Waals surface area contributed by atoms with Crippen LogP contribution in [-0.4, -0.2) is 0 Å². The van der Waals surface area contributed by atoms with Crippen molar-refractivity contribution in [1.29, 1.82) is 0 Å². The highest BCUT2D eigenvalue weighted by atomic mass is 15.1. The Labute approximate surface area is 379 Å². The van der Waals surface area contributed by atoms with Crippen LogP contribution in [0.15, 0.2) is 261 Å². The van der Waals surface area contributed by atoms with E-state index in [0.29, 0.717) is 0 Å². The van der Waals surface area contributed by atoms with Gasteiger partial charge in [0, 0.05) is 16.9 Å². The molecule has 1 heteroatoms. The third-order valence-electron chi connectivity index (χ3n) is 13.0. The Bertz CT molecular complexity index is 3690. The normalized spacial score (nSPS) is 11.4. The fourth-order valence-corrected chi connectivity index (χ4v) is 9.78. The quantitative estimate of drug-likeness (QED) is 0.138. The van der Waals surface area contributed by atoms with E-state index in [4.69, 9.17) is 0 Å². The topological polar surface area (TPSA) is 3.24 Å². The molecule has 0 aliphatic carbocycles.